The lowest BCUT2D eigenvalue weighted by Crippen LogP contribution is -2.44. The van der Waals surface area contributed by atoms with Gasteiger partial charge in [-0.3, -0.25) is 0 Å². The first kappa shape index (κ1) is 9.65. The van der Waals surface area contributed by atoms with Crippen LogP contribution in [0.2, 0.25) is 0 Å². The fourth-order valence-electron chi connectivity index (χ4n) is 1.49. The van der Waals surface area contributed by atoms with Crippen molar-refractivity contribution in [2.24, 2.45) is 0 Å². The molecule has 2 aliphatic rings. The molecule has 2 aliphatic heterocycles. The van der Waals surface area contributed by atoms with Crippen LogP contribution in [0, 0.1) is 0 Å². The van der Waals surface area contributed by atoms with E-state index in [4.69, 9.17) is 4.74 Å². The Balaban J connectivity index is 2.55. The fraction of sp³-hybridized carbons (Fsp3) is 0.333. The zero-order valence-corrected chi connectivity index (χ0v) is 9.88. The number of ether oxygens (including phenoxy) is 1. The summed E-state index contributed by atoms with van der Waals surface area (Å²) in [6.07, 6.45) is 4.85. The van der Waals surface area contributed by atoms with E-state index in [0.717, 1.165) is 4.48 Å². The highest BCUT2D eigenvalue weighted by molar-refractivity contribution is 9.14. The van der Waals surface area contributed by atoms with Gasteiger partial charge in [-0.15, -0.1) is 0 Å². The lowest BCUT2D eigenvalue weighted by Gasteiger charge is -2.35. The van der Waals surface area contributed by atoms with Crippen LogP contribution in [-0.2, 0) is 4.74 Å². The third-order valence-electron chi connectivity index (χ3n) is 2.31. The maximum Gasteiger partial charge on any atom is 0.144 e. The van der Waals surface area contributed by atoms with E-state index in [1.807, 2.05) is 12.2 Å². The highest BCUT2D eigenvalue weighted by Crippen LogP contribution is 2.44. The van der Waals surface area contributed by atoms with E-state index in [9.17, 15) is 5.11 Å². The van der Waals surface area contributed by atoms with Crippen LogP contribution in [0.1, 0.15) is 0 Å². The van der Waals surface area contributed by atoms with E-state index >= 15 is 0 Å². The van der Waals surface area contributed by atoms with Crippen molar-refractivity contribution in [2.45, 2.75) is 17.8 Å². The summed E-state index contributed by atoms with van der Waals surface area (Å²) in [5.41, 5.74) is -1.14. The van der Waals surface area contributed by atoms with Gasteiger partial charge in [0.15, 0.2) is 0 Å². The van der Waals surface area contributed by atoms with Crippen molar-refractivity contribution < 1.29 is 9.84 Å². The quantitative estimate of drug-likeness (QED) is 0.753. The molecule has 0 saturated carbocycles. The highest BCUT2D eigenvalue weighted by Gasteiger charge is 2.46. The Hall–Kier alpha value is 0.1000. The molecule has 2 bridgehead atoms. The Kier molecular flexibility index (Phi) is 2.27. The van der Waals surface area contributed by atoms with Gasteiger partial charge in [0.25, 0.3) is 0 Å². The standard InChI is InChI=1S/C9H8Br2O2/c1-2-9(12)6-4-3-5(13-6)7(10)8(9)11/h2-6,12H,1H2/t5-,6+,9?/m1/s1. The SMILES string of the molecule is C=CC1(O)C(Br)=C(Br)[C@H]2C=C[C@@H]1O2. The lowest BCUT2D eigenvalue weighted by molar-refractivity contribution is -0.0414. The summed E-state index contributed by atoms with van der Waals surface area (Å²) in [4.78, 5) is 0. The molecule has 0 aromatic carbocycles. The van der Waals surface area contributed by atoms with Gasteiger partial charge in [-0.1, -0.05) is 56.7 Å². The van der Waals surface area contributed by atoms with Crippen LogP contribution in [0.4, 0.5) is 0 Å². The van der Waals surface area contributed by atoms with E-state index < -0.39 is 5.60 Å². The molecule has 2 nitrogen and oxygen atoms in total. The smallest absolute Gasteiger partial charge is 0.144 e. The van der Waals surface area contributed by atoms with Crippen LogP contribution < -0.4 is 0 Å². The molecule has 0 spiro atoms. The molecule has 0 radical (unpaired) electrons. The normalized spacial score (nSPS) is 42.7. The summed E-state index contributed by atoms with van der Waals surface area (Å²) in [5, 5.41) is 10.2. The highest BCUT2D eigenvalue weighted by atomic mass is 79.9. The van der Waals surface area contributed by atoms with Gasteiger partial charge < -0.3 is 9.84 Å². The van der Waals surface area contributed by atoms with Crippen molar-refractivity contribution in [3.8, 4) is 0 Å². The van der Waals surface area contributed by atoms with Crippen molar-refractivity contribution in [2.75, 3.05) is 0 Å². The molecular formula is C9H8Br2O2. The second-order valence-electron chi connectivity index (χ2n) is 3.05. The van der Waals surface area contributed by atoms with Gasteiger partial charge in [-0.25, -0.2) is 0 Å². The Morgan fingerprint density at radius 1 is 1.54 bits per heavy atom. The molecule has 0 saturated heterocycles. The third-order valence-corrected chi connectivity index (χ3v) is 4.75. The summed E-state index contributed by atoms with van der Waals surface area (Å²) in [7, 11) is 0. The lowest BCUT2D eigenvalue weighted by atomic mass is 9.95. The monoisotopic (exact) mass is 306 g/mol. The summed E-state index contributed by atoms with van der Waals surface area (Å²) < 4.78 is 7.03. The predicted octanol–water partition coefficient (Wildman–Crippen LogP) is 2.24. The molecule has 4 heteroatoms. The number of hydrogen-bond acceptors (Lipinski definition) is 2. The van der Waals surface area contributed by atoms with Gasteiger partial charge >= 0.3 is 0 Å². The van der Waals surface area contributed by atoms with Crippen LogP contribution in [0.25, 0.3) is 0 Å². The number of rotatable bonds is 1. The Labute approximate surface area is 93.2 Å². The molecule has 0 fully saturated rings. The number of halogens is 2. The van der Waals surface area contributed by atoms with Crippen molar-refractivity contribution in [1.29, 1.82) is 0 Å². The molecule has 1 N–H and O–H groups in total. The summed E-state index contributed by atoms with van der Waals surface area (Å²) in [6.45, 7) is 3.61. The maximum atomic E-state index is 10.2. The second kappa shape index (κ2) is 3.05. The topological polar surface area (TPSA) is 29.5 Å². The van der Waals surface area contributed by atoms with Crippen LogP contribution >= 0.6 is 31.9 Å². The first-order valence-electron chi connectivity index (χ1n) is 3.85. The van der Waals surface area contributed by atoms with E-state index in [2.05, 4.69) is 38.4 Å². The molecule has 2 heterocycles. The Morgan fingerprint density at radius 3 is 2.85 bits per heavy atom. The van der Waals surface area contributed by atoms with Gasteiger partial charge in [0, 0.05) is 8.96 Å². The van der Waals surface area contributed by atoms with Gasteiger partial charge in [-0.05, 0) is 0 Å². The van der Waals surface area contributed by atoms with Gasteiger partial charge in [0.1, 0.15) is 17.8 Å². The molecule has 3 atom stereocenters. The van der Waals surface area contributed by atoms with E-state index in [1.165, 1.54) is 6.08 Å². The van der Waals surface area contributed by atoms with E-state index in [0.29, 0.717) is 4.48 Å². The molecule has 2 rings (SSSR count). The zero-order chi connectivity index (χ0) is 9.64. The Bertz CT molecular complexity index is 322. The number of hydrogen-bond donors (Lipinski definition) is 1. The van der Waals surface area contributed by atoms with Crippen molar-refractivity contribution >= 4 is 31.9 Å². The van der Waals surface area contributed by atoms with Gasteiger partial charge in [0.05, 0.1) is 0 Å². The first-order chi connectivity index (χ1) is 6.09. The van der Waals surface area contributed by atoms with Crippen LogP contribution in [0.5, 0.6) is 0 Å². The zero-order valence-electron chi connectivity index (χ0n) is 6.71. The van der Waals surface area contributed by atoms with E-state index in [1.54, 1.807) is 0 Å². The van der Waals surface area contributed by atoms with E-state index in [-0.39, 0.29) is 12.2 Å². The minimum Gasteiger partial charge on any atom is -0.377 e. The molecule has 13 heavy (non-hydrogen) atoms. The molecule has 1 unspecified atom stereocenters. The predicted molar refractivity (Wildman–Crippen MR) is 57.8 cm³/mol. The summed E-state index contributed by atoms with van der Waals surface area (Å²) in [5.74, 6) is 0. The van der Waals surface area contributed by atoms with Crippen LogP contribution in [-0.4, -0.2) is 22.9 Å². The fourth-order valence-corrected chi connectivity index (χ4v) is 2.68. The number of aliphatic hydroxyl groups is 1. The summed E-state index contributed by atoms with van der Waals surface area (Å²) in [6, 6.07) is 0. The Morgan fingerprint density at radius 2 is 2.23 bits per heavy atom. The average molecular weight is 308 g/mol. The largest absolute Gasteiger partial charge is 0.377 e. The molecule has 70 valence electrons. The molecular weight excluding hydrogens is 300 g/mol. The van der Waals surface area contributed by atoms with Crippen molar-refractivity contribution in [3.05, 3.63) is 33.8 Å². The minimum atomic E-state index is -1.14. The van der Waals surface area contributed by atoms with Gasteiger partial charge in [0.2, 0.25) is 0 Å². The molecule has 0 aromatic heterocycles. The number of fused-ring (bicyclic) bond motifs is 2. The molecule has 0 amide bonds. The molecule has 0 aromatic rings. The minimum absolute atomic E-state index is 0.0698. The van der Waals surface area contributed by atoms with Crippen molar-refractivity contribution in [3.63, 3.8) is 0 Å². The average Bonchev–Trinajstić information content (AvgIpc) is 2.59. The third kappa shape index (κ3) is 1.20. The second-order valence-corrected chi connectivity index (χ2v) is 4.70. The van der Waals surface area contributed by atoms with Crippen LogP contribution in [0.15, 0.2) is 33.8 Å². The summed E-state index contributed by atoms with van der Waals surface area (Å²) >= 11 is 6.72. The van der Waals surface area contributed by atoms with Gasteiger partial charge in [-0.2, -0.15) is 0 Å². The molecule has 0 aliphatic carbocycles. The van der Waals surface area contributed by atoms with Crippen LogP contribution in [0.3, 0.4) is 0 Å². The maximum absolute atomic E-state index is 10.2. The first-order valence-corrected chi connectivity index (χ1v) is 5.43. The van der Waals surface area contributed by atoms with Crippen molar-refractivity contribution in [1.82, 2.24) is 0 Å².